The van der Waals surface area contributed by atoms with E-state index in [-0.39, 0.29) is 5.78 Å². The molecule has 0 aromatic heterocycles. The number of rotatable bonds is 5. The van der Waals surface area contributed by atoms with Crippen molar-refractivity contribution >= 4 is 5.78 Å². The Kier molecular flexibility index (Phi) is 5.12. The molecular formula is C9H18O2. The van der Waals surface area contributed by atoms with Gasteiger partial charge in [-0.3, -0.25) is 4.79 Å². The van der Waals surface area contributed by atoms with Gasteiger partial charge in [0, 0.05) is 6.42 Å². The maximum atomic E-state index is 11.0. The molecule has 11 heavy (non-hydrogen) atoms. The van der Waals surface area contributed by atoms with E-state index in [4.69, 9.17) is 5.11 Å². The van der Waals surface area contributed by atoms with E-state index in [9.17, 15) is 4.79 Å². The summed E-state index contributed by atoms with van der Waals surface area (Å²) in [6.07, 6.45) is 1.80. The third kappa shape index (κ3) is 4.14. The summed E-state index contributed by atoms with van der Waals surface area (Å²) in [4.78, 5) is 11.0. The van der Waals surface area contributed by atoms with Crippen molar-refractivity contribution in [3.05, 3.63) is 0 Å². The van der Waals surface area contributed by atoms with Crippen LogP contribution in [0.15, 0.2) is 0 Å². The molecule has 0 fully saturated rings. The minimum atomic E-state index is -0.782. The van der Waals surface area contributed by atoms with E-state index >= 15 is 0 Å². The fourth-order valence-corrected chi connectivity index (χ4v) is 1.03. The van der Waals surface area contributed by atoms with Gasteiger partial charge in [0.15, 0.2) is 5.78 Å². The quantitative estimate of drug-likeness (QED) is 0.662. The second-order valence-corrected chi connectivity index (χ2v) is 3.03. The highest BCUT2D eigenvalue weighted by Crippen LogP contribution is 2.13. The van der Waals surface area contributed by atoms with Crippen molar-refractivity contribution in [1.29, 1.82) is 0 Å². The maximum absolute atomic E-state index is 11.0. The van der Waals surface area contributed by atoms with E-state index in [1.54, 1.807) is 0 Å². The molecule has 0 rings (SSSR count). The summed E-state index contributed by atoms with van der Waals surface area (Å²) in [6, 6.07) is 0. The third-order valence-electron chi connectivity index (χ3n) is 2.11. The van der Waals surface area contributed by atoms with E-state index in [1.807, 2.05) is 0 Å². The van der Waals surface area contributed by atoms with Crippen LogP contribution in [-0.4, -0.2) is 17.0 Å². The minimum Gasteiger partial charge on any atom is -0.386 e. The number of carbonyl (C=O) groups is 1. The van der Waals surface area contributed by atoms with Crippen LogP contribution in [0.4, 0.5) is 0 Å². The van der Waals surface area contributed by atoms with Crippen molar-refractivity contribution in [1.82, 2.24) is 0 Å². The number of ketones is 1. The molecule has 0 bridgehead atoms. The molecule has 1 atom stereocenters. The van der Waals surface area contributed by atoms with Crippen LogP contribution in [0.2, 0.25) is 0 Å². The number of hydrogen-bond acceptors (Lipinski definition) is 2. The first-order valence-corrected chi connectivity index (χ1v) is 4.32. The molecule has 2 nitrogen and oxygen atoms in total. The van der Waals surface area contributed by atoms with Crippen molar-refractivity contribution in [2.24, 2.45) is 5.92 Å². The first-order chi connectivity index (χ1) is 5.11. The average molecular weight is 158 g/mol. The van der Waals surface area contributed by atoms with Gasteiger partial charge < -0.3 is 5.11 Å². The summed E-state index contributed by atoms with van der Waals surface area (Å²) in [7, 11) is 0. The minimum absolute atomic E-state index is 0.0290. The smallest absolute Gasteiger partial charge is 0.161 e. The van der Waals surface area contributed by atoms with Gasteiger partial charge >= 0.3 is 0 Å². The van der Waals surface area contributed by atoms with Crippen molar-refractivity contribution in [2.45, 2.75) is 46.1 Å². The van der Waals surface area contributed by atoms with Crippen LogP contribution >= 0.6 is 0 Å². The Bertz CT molecular complexity index is 115. The van der Waals surface area contributed by atoms with Gasteiger partial charge in [-0.2, -0.15) is 0 Å². The lowest BCUT2D eigenvalue weighted by Gasteiger charge is -2.11. The molecule has 0 spiro atoms. The molecule has 66 valence electrons. The summed E-state index contributed by atoms with van der Waals surface area (Å²) < 4.78 is 0. The number of Topliss-reactive ketones (excluding diaryl/α,β-unsaturated/α-hetero) is 1. The van der Waals surface area contributed by atoms with Gasteiger partial charge in [0.05, 0.1) is 0 Å². The first-order valence-electron chi connectivity index (χ1n) is 4.32. The molecule has 0 heterocycles. The van der Waals surface area contributed by atoms with E-state index in [2.05, 4.69) is 13.8 Å². The van der Waals surface area contributed by atoms with Gasteiger partial charge in [-0.15, -0.1) is 0 Å². The SMILES string of the molecule is CCC(CC)CC(=O)C(C)O. The average Bonchev–Trinajstić information content (AvgIpc) is 1.99. The van der Waals surface area contributed by atoms with Crippen LogP contribution in [-0.2, 0) is 4.79 Å². The number of aliphatic hydroxyl groups excluding tert-OH is 1. The number of carbonyl (C=O) groups excluding carboxylic acids is 1. The molecule has 0 amide bonds. The summed E-state index contributed by atoms with van der Waals surface area (Å²) in [5, 5.41) is 8.91. The third-order valence-corrected chi connectivity index (χ3v) is 2.11. The molecule has 2 heteroatoms. The maximum Gasteiger partial charge on any atom is 0.161 e. The number of hydrogen-bond donors (Lipinski definition) is 1. The molecule has 0 aliphatic carbocycles. The second kappa shape index (κ2) is 5.30. The Hall–Kier alpha value is -0.370. The topological polar surface area (TPSA) is 37.3 Å². The van der Waals surface area contributed by atoms with E-state index in [0.29, 0.717) is 12.3 Å². The predicted molar refractivity (Wildman–Crippen MR) is 45.4 cm³/mol. The zero-order valence-electron chi connectivity index (χ0n) is 7.63. The lowest BCUT2D eigenvalue weighted by atomic mass is 9.95. The molecule has 0 saturated carbocycles. The van der Waals surface area contributed by atoms with Gasteiger partial charge in [-0.05, 0) is 12.8 Å². The highest BCUT2D eigenvalue weighted by atomic mass is 16.3. The van der Waals surface area contributed by atoms with Crippen LogP contribution in [0.5, 0.6) is 0 Å². The van der Waals surface area contributed by atoms with Gasteiger partial charge in [0.2, 0.25) is 0 Å². The van der Waals surface area contributed by atoms with E-state index in [1.165, 1.54) is 6.92 Å². The monoisotopic (exact) mass is 158 g/mol. The van der Waals surface area contributed by atoms with Crippen LogP contribution in [0.25, 0.3) is 0 Å². The van der Waals surface area contributed by atoms with Crippen LogP contribution in [0.3, 0.4) is 0 Å². The Morgan fingerprint density at radius 3 is 2.09 bits per heavy atom. The zero-order chi connectivity index (χ0) is 8.85. The first kappa shape index (κ1) is 10.6. The molecule has 1 unspecified atom stereocenters. The summed E-state index contributed by atoms with van der Waals surface area (Å²) in [6.45, 7) is 5.68. The highest BCUT2D eigenvalue weighted by molar-refractivity contribution is 5.82. The van der Waals surface area contributed by atoms with E-state index < -0.39 is 6.10 Å². The zero-order valence-corrected chi connectivity index (χ0v) is 7.63. The molecular weight excluding hydrogens is 140 g/mol. The Morgan fingerprint density at radius 2 is 1.82 bits per heavy atom. The lowest BCUT2D eigenvalue weighted by Crippen LogP contribution is -2.19. The largest absolute Gasteiger partial charge is 0.386 e. The van der Waals surface area contributed by atoms with Gasteiger partial charge in [0.1, 0.15) is 6.10 Å². The molecule has 0 aliphatic rings. The summed E-state index contributed by atoms with van der Waals surface area (Å²) in [5.74, 6) is 0.427. The molecule has 0 saturated heterocycles. The fraction of sp³-hybridized carbons (Fsp3) is 0.889. The molecule has 1 N–H and O–H groups in total. The fourth-order valence-electron chi connectivity index (χ4n) is 1.03. The van der Waals surface area contributed by atoms with Crippen molar-refractivity contribution < 1.29 is 9.90 Å². The van der Waals surface area contributed by atoms with Gasteiger partial charge in [0.25, 0.3) is 0 Å². The van der Waals surface area contributed by atoms with Crippen molar-refractivity contribution in [3.8, 4) is 0 Å². The standard InChI is InChI=1S/C9H18O2/c1-4-8(5-2)6-9(11)7(3)10/h7-8,10H,4-6H2,1-3H3. The van der Waals surface area contributed by atoms with Crippen LogP contribution in [0.1, 0.15) is 40.0 Å². The second-order valence-electron chi connectivity index (χ2n) is 3.03. The van der Waals surface area contributed by atoms with E-state index in [0.717, 1.165) is 12.8 Å². The Balaban J connectivity index is 3.72. The Morgan fingerprint density at radius 1 is 1.36 bits per heavy atom. The summed E-state index contributed by atoms with van der Waals surface area (Å²) >= 11 is 0. The molecule has 0 radical (unpaired) electrons. The highest BCUT2D eigenvalue weighted by Gasteiger charge is 2.13. The van der Waals surface area contributed by atoms with Crippen LogP contribution in [0, 0.1) is 5.92 Å². The molecule has 0 aromatic rings. The van der Waals surface area contributed by atoms with Gasteiger partial charge in [-0.25, -0.2) is 0 Å². The van der Waals surface area contributed by atoms with Crippen LogP contribution < -0.4 is 0 Å². The summed E-state index contributed by atoms with van der Waals surface area (Å²) in [5.41, 5.74) is 0. The molecule has 0 aliphatic heterocycles. The number of aliphatic hydroxyl groups is 1. The van der Waals surface area contributed by atoms with Gasteiger partial charge in [-0.1, -0.05) is 26.7 Å². The molecule has 0 aromatic carbocycles. The Labute approximate surface area is 68.6 Å². The predicted octanol–water partition coefficient (Wildman–Crippen LogP) is 1.76. The van der Waals surface area contributed by atoms with Crippen molar-refractivity contribution in [2.75, 3.05) is 0 Å². The lowest BCUT2D eigenvalue weighted by molar-refractivity contribution is -0.127. The van der Waals surface area contributed by atoms with Crippen molar-refractivity contribution in [3.63, 3.8) is 0 Å². The normalized spacial score (nSPS) is 13.5.